The van der Waals surface area contributed by atoms with E-state index in [1.165, 1.54) is 18.0 Å². The number of rotatable bonds is 5. The Morgan fingerprint density at radius 1 is 1.16 bits per heavy atom. The summed E-state index contributed by atoms with van der Waals surface area (Å²) in [6.45, 7) is -0.153. The molecule has 0 saturated carbocycles. The molecular weight excluding hydrogens is 320 g/mol. The molecule has 3 rings (SSSR count). The van der Waals surface area contributed by atoms with E-state index in [0.717, 1.165) is 10.8 Å². The van der Waals surface area contributed by atoms with E-state index in [9.17, 15) is 9.59 Å². The van der Waals surface area contributed by atoms with Crippen molar-refractivity contribution in [2.24, 2.45) is 7.05 Å². The summed E-state index contributed by atoms with van der Waals surface area (Å²) in [7, 11) is 3.12. The lowest BCUT2D eigenvalue weighted by Gasteiger charge is -2.09. The van der Waals surface area contributed by atoms with Crippen molar-refractivity contribution in [3.63, 3.8) is 0 Å². The predicted octanol–water partition coefficient (Wildman–Crippen LogP) is 1.95. The molecule has 0 atom stereocenters. The second-order valence-corrected chi connectivity index (χ2v) is 5.48. The van der Waals surface area contributed by atoms with E-state index < -0.39 is 5.91 Å². The van der Waals surface area contributed by atoms with Gasteiger partial charge in [-0.2, -0.15) is 0 Å². The smallest absolute Gasteiger partial charge is 0.258 e. The molecule has 0 aliphatic rings. The lowest BCUT2D eigenvalue weighted by Crippen LogP contribution is -2.32. The standard InChI is InChI=1S/C18H18N4O3/c1-22-11-14(18(21-22)25-2)17(24)19-10-16(23)20-15-9-5-7-12-6-3-4-8-13(12)15/h3-9,11H,10H2,1-2H3,(H,19,24)(H,20,23). The molecular formula is C18H18N4O3. The average Bonchev–Trinajstić information content (AvgIpc) is 3.01. The number of hydrogen-bond acceptors (Lipinski definition) is 4. The maximum atomic E-state index is 12.2. The number of methoxy groups -OCH3 is 1. The molecule has 1 aromatic heterocycles. The van der Waals surface area contributed by atoms with Gasteiger partial charge in [0.1, 0.15) is 5.56 Å². The number of ether oxygens (including phenoxy) is 1. The Kier molecular flexibility index (Phi) is 4.65. The Morgan fingerprint density at radius 2 is 1.92 bits per heavy atom. The van der Waals surface area contributed by atoms with Crippen LogP contribution in [-0.2, 0) is 11.8 Å². The molecule has 7 heteroatoms. The number of aromatic nitrogens is 2. The lowest BCUT2D eigenvalue weighted by molar-refractivity contribution is -0.115. The summed E-state index contributed by atoms with van der Waals surface area (Å²) in [6.07, 6.45) is 1.54. The summed E-state index contributed by atoms with van der Waals surface area (Å²) < 4.78 is 6.52. The number of nitrogens with zero attached hydrogens (tertiary/aromatic N) is 2. The molecule has 25 heavy (non-hydrogen) atoms. The molecule has 0 bridgehead atoms. The number of fused-ring (bicyclic) bond motifs is 1. The summed E-state index contributed by atoms with van der Waals surface area (Å²) in [4.78, 5) is 24.4. The first-order chi connectivity index (χ1) is 12.1. The van der Waals surface area contributed by atoms with Gasteiger partial charge in [-0.25, -0.2) is 0 Å². The highest BCUT2D eigenvalue weighted by Crippen LogP contribution is 2.22. The minimum Gasteiger partial charge on any atom is -0.479 e. The van der Waals surface area contributed by atoms with Crippen LogP contribution < -0.4 is 15.4 Å². The van der Waals surface area contributed by atoms with Gasteiger partial charge in [0.05, 0.1) is 13.7 Å². The molecule has 0 radical (unpaired) electrons. The van der Waals surface area contributed by atoms with E-state index >= 15 is 0 Å². The van der Waals surface area contributed by atoms with Gasteiger partial charge in [0.2, 0.25) is 11.8 Å². The molecule has 0 aliphatic heterocycles. The zero-order chi connectivity index (χ0) is 17.8. The number of carbonyl (C=O) groups excluding carboxylic acids is 2. The highest BCUT2D eigenvalue weighted by molar-refractivity contribution is 6.04. The van der Waals surface area contributed by atoms with Crippen LogP contribution in [0.4, 0.5) is 5.69 Å². The van der Waals surface area contributed by atoms with Crippen molar-refractivity contribution in [2.75, 3.05) is 19.0 Å². The van der Waals surface area contributed by atoms with Gasteiger partial charge in [-0.05, 0) is 11.5 Å². The van der Waals surface area contributed by atoms with E-state index in [-0.39, 0.29) is 23.9 Å². The molecule has 7 nitrogen and oxygen atoms in total. The zero-order valence-electron chi connectivity index (χ0n) is 13.9. The molecule has 0 saturated heterocycles. The van der Waals surface area contributed by atoms with Gasteiger partial charge < -0.3 is 15.4 Å². The number of hydrogen-bond donors (Lipinski definition) is 2. The number of carbonyl (C=O) groups is 2. The Labute approximate surface area is 144 Å². The Bertz CT molecular complexity index is 928. The van der Waals surface area contributed by atoms with Crippen molar-refractivity contribution in [1.29, 1.82) is 0 Å². The van der Waals surface area contributed by atoms with Gasteiger partial charge in [0.25, 0.3) is 5.91 Å². The van der Waals surface area contributed by atoms with E-state index in [2.05, 4.69) is 15.7 Å². The van der Waals surface area contributed by atoms with Crippen molar-refractivity contribution in [3.05, 3.63) is 54.2 Å². The first-order valence-corrected chi connectivity index (χ1v) is 7.72. The number of anilines is 1. The molecule has 2 N–H and O–H groups in total. The number of amides is 2. The van der Waals surface area contributed by atoms with Crippen molar-refractivity contribution in [3.8, 4) is 5.88 Å². The molecule has 0 fully saturated rings. The molecule has 0 aliphatic carbocycles. The third-order valence-electron chi connectivity index (χ3n) is 3.71. The van der Waals surface area contributed by atoms with Gasteiger partial charge in [-0.15, -0.1) is 5.10 Å². The van der Waals surface area contributed by atoms with E-state index in [1.807, 2.05) is 42.5 Å². The largest absolute Gasteiger partial charge is 0.479 e. The van der Waals surface area contributed by atoms with Crippen LogP contribution in [0.25, 0.3) is 10.8 Å². The van der Waals surface area contributed by atoms with Crippen LogP contribution in [0.5, 0.6) is 5.88 Å². The highest BCUT2D eigenvalue weighted by Gasteiger charge is 2.17. The van der Waals surface area contributed by atoms with Gasteiger partial charge in [0.15, 0.2) is 0 Å². The van der Waals surface area contributed by atoms with Crippen LogP contribution in [0.15, 0.2) is 48.7 Å². The third-order valence-corrected chi connectivity index (χ3v) is 3.71. The van der Waals surface area contributed by atoms with Crippen LogP contribution >= 0.6 is 0 Å². The van der Waals surface area contributed by atoms with Crippen molar-refractivity contribution in [2.45, 2.75) is 0 Å². The van der Waals surface area contributed by atoms with Crippen LogP contribution in [0.3, 0.4) is 0 Å². The van der Waals surface area contributed by atoms with Gasteiger partial charge in [0, 0.05) is 24.3 Å². The molecule has 3 aromatic rings. The molecule has 2 amide bonds. The molecule has 128 valence electrons. The Balaban J connectivity index is 1.65. The summed E-state index contributed by atoms with van der Waals surface area (Å²) in [5.41, 5.74) is 0.985. The first kappa shape index (κ1) is 16.5. The van der Waals surface area contributed by atoms with Crippen molar-refractivity contribution in [1.82, 2.24) is 15.1 Å². The topological polar surface area (TPSA) is 85.2 Å². The first-order valence-electron chi connectivity index (χ1n) is 7.72. The minimum atomic E-state index is -0.419. The number of aryl methyl sites for hydroxylation is 1. The fourth-order valence-electron chi connectivity index (χ4n) is 2.56. The highest BCUT2D eigenvalue weighted by atomic mass is 16.5. The Hall–Kier alpha value is -3.35. The maximum Gasteiger partial charge on any atom is 0.258 e. The fourth-order valence-corrected chi connectivity index (χ4v) is 2.56. The minimum absolute atomic E-state index is 0.153. The van der Waals surface area contributed by atoms with Crippen LogP contribution in [0.2, 0.25) is 0 Å². The average molecular weight is 338 g/mol. The molecule has 1 heterocycles. The van der Waals surface area contributed by atoms with E-state index in [0.29, 0.717) is 5.69 Å². The zero-order valence-corrected chi connectivity index (χ0v) is 13.9. The Morgan fingerprint density at radius 3 is 2.72 bits per heavy atom. The molecule has 0 spiro atoms. The van der Waals surface area contributed by atoms with Crippen LogP contribution in [-0.4, -0.2) is 35.2 Å². The second kappa shape index (κ2) is 7.04. The third kappa shape index (κ3) is 3.60. The lowest BCUT2D eigenvalue weighted by atomic mass is 10.1. The molecule has 0 unspecified atom stereocenters. The second-order valence-electron chi connectivity index (χ2n) is 5.48. The summed E-state index contributed by atoms with van der Waals surface area (Å²) in [5.74, 6) is -0.514. The maximum absolute atomic E-state index is 12.2. The fraction of sp³-hybridized carbons (Fsp3) is 0.167. The van der Waals surface area contributed by atoms with E-state index in [4.69, 9.17) is 4.74 Å². The van der Waals surface area contributed by atoms with Crippen LogP contribution in [0, 0.1) is 0 Å². The van der Waals surface area contributed by atoms with Crippen molar-refractivity contribution >= 4 is 28.3 Å². The van der Waals surface area contributed by atoms with Crippen LogP contribution in [0.1, 0.15) is 10.4 Å². The van der Waals surface area contributed by atoms with Crippen molar-refractivity contribution < 1.29 is 14.3 Å². The number of benzene rings is 2. The summed E-state index contributed by atoms with van der Waals surface area (Å²) in [5, 5.41) is 11.4. The van der Waals surface area contributed by atoms with E-state index in [1.54, 1.807) is 7.05 Å². The monoisotopic (exact) mass is 338 g/mol. The quantitative estimate of drug-likeness (QED) is 0.745. The van der Waals surface area contributed by atoms with Gasteiger partial charge >= 0.3 is 0 Å². The summed E-state index contributed by atoms with van der Waals surface area (Å²) >= 11 is 0. The summed E-state index contributed by atoms with van der Waals surface area (Å²) in [6, 6.07) is 13.4. The predicted molar refractivity (Wildman–Crippen MR) is 94.7 cm³/mol. The SMILES string of the molecule is COc1nn(C)cc1C(=O)NCC(=O)Nc1cccc2ccccc12. The number of nitrogens with one attached hydrogen (secondary N) is 2. The normalized spacial score (nSPS) is 10.5. The van der Waals surface area contributed by atoms with Gasteiger partial charge in [-0.3, -0.25) is 14.3 Å². The van der Waals surface area contributed by atoms with Gasteiger partial charge in [-0.1, -0.05) is 36.4 Å². The molecule has 2 aromatic carbocycles.